The molecule has 1 heterocycles. The van der Waals surface area contributed by atoms with Crippen molar-refractivity contribution < 1.29 is 13.9 Å². The Morgan fingerprint density at radius 3 is 2.83 bits per heavy atom. The predicted octanol–water partition coefficient (Wildman–Crippen LogP) is 4.13. The summed E-state index contributed by atoms with van der Waals surface area (Å²) >= 11 is 6.75. The van der Waals surface area contributed by atoms with E-state index < -0.39 is 0 Å². The Morgan fingerprint density at radius 2 is 2.17 bits per heavy atom. The lowest BCUT2D eigenvalue weighted by atomic mass is 10.3. The fourth-order valence-electron chi connectivity index (χ4n) is 1.89. The average Bonchev–Trinajstić information content (AvgIpc) is 3.03. The van der Waals surface area contributed by atoms with Crippen LogP contribution < -0.4 is 4.74 Å². The van der Waals surface area contributed by atoms with E-state index in [9.17, 15) is 4.79 Å². The predicted molar refractivity (Wildman–Crippen MR) is 91.7 cm³/mol. The Kier molecular flexibility index (Phi) is 6.68. The topological polar surface area (TPSA) is 66.5 Å². The van der Waals surface area contributed by atoms with Gasteiger partial charge in [0, 0.05) is 11.0 Å². The van der Waals surface area contributed by atoms with Crippen molar-refractivity contribution in [1.29, 1.82) is 5.26 Å². The molecule has 0 saturated heterocycles. The number of hydrogen-bond donors (Lipinski definition) is 0. The van der Waals surface area contributed by atoms with Crippen LogP contribution in [0.4, 0.5) is 0 Å². The molecule has 0 saturated carbocycles. The van der Waals surface area contributed by atoms with E-state index in [0.29, 0.717) is 24.6 Å². The second-order valence-electron chi connectivity index (χ2n) is 4.67. The lowest BCUT2D eigenvalue weighted by Gasteiger charge is -2.20. The summed E-state index contributed by atoms with van der Waals surface area (Å²) in [4.78, 5) is 13.9. The molecule has 0 aliphatic rings. The van der Waals surface area contributed by atoms with Gasteiger partial charge in [0.1, 0.15) is 11.5 Å². The number of ether oxygens (including phenoxy) is 1. The Bertz CT molecular complexity index is 696. The molecule has 7 heteroatoms. The van der Waals surface area contributed by atoms with Crippen molar-refractivity contribution in [2.75, 3.05) is 13.2 Å². The van der Waals surface area contributed by atoms with Crippen LogP contribution in [0, 0.1) is 11.3 Å². The van der Waals surface area contributed by atoms with Crippen LogP contribution in [0.2, 0.25) is 0 Å². The van der Waals surface area contributed by atoms with Gasteiger partial charge in [-0.2, -0.15) is 5.26 Å². The number of furan rings is 1. The minimum Gasteiger partial charge on any atom is -0.483 e. The van der Waals surface area contributed by atoms with Crippen LogP contribution in [0.1, 0.15) is 12.2 Å². The molecule has 0 aliphatic carbocycles. The number of benzene rings is 1. The molecule has 0 radical (unpaired) electrons. The van der Waals surface area contributed by atoms with Gasteiger partial charge in [-0.25, -0.2) is 0 Å². The van der Waals surface area contributed by atoms with Crippen LogP contribution in [-0.4, -0.2) is 24.0 Å². The zero-order valence-electron chi connectivity index (χ0n) is 12.2. The Balaban J connectivity index is 1.97. The molecule has 1 amide bonds. The maximum Gasteiger partial charge on any atom is 0.260 e. The molecule has 23 heavy (non-hydrogen) atoms. The highest BCUT2D eigenvalue weighted by Gasteiger charge is 2.16. The number of rotatable bonds is 7. The first-order valence-corrected chi connectivity index (χ1v) is 8.43. The van der Waals surface area contributed by atoms with Crippen molar-refractivity contribution in [3.63, 3.8) is 0 Å². The van der Waals surface area contributed by atoms with Gasteiger partial charge in [-0.05, 0) is 46.3 Å². The van der Waals surface area contributed by atoms with Crippen LogP contribution in [0.3, 0.4) is 0 Å². The van der Waals surface area contributed by atoms with Crippen molar-refractivity contribution in [3.8, 4) is 11.8 Å². The molecule has 0 atom stereocenters. The van der Waals surface area contributed by atoms with Crippen molar-refractivity contribution >= 4 is 37.8 Å². The minimum absolute atomic E-state index is 0.105. The fraction of sp³-hybridized carbons (Fsp3) is 0.250. The van der Waals surface area contributed by atoms with E-state index >= 15 is 0 Å². The molecule has 0 bridgehead atoms. The third-order valence-corrected chi connectivity index (χ3v) is 4.13. The highest BCUT2D eigenvalue weighted by Crippen LogP contribution is 2.28. The number of carbonyl (C=O) groups is 1. The van der Waals surface area contributed by atoms with Crippen molar-refractivity contribution in [3.05, 3.63) is 51.3 Å². The largest absolute Gasteiger partial charge is 0.483 e. The zero-order valence-corrected chi connectivity index (χ0v) is 15.3. The third kappa shape index (κ3) is 5.41. The lowest BCUT2D eigenvalue weighted by molar-refractivity contribution is -0.134. The van der Waals surface area contributed by atoms with E-state index in [-0.39, 0.29) is 18.9 Å². The Morgan fingerprint density at radius 1 is 1.35 bits per heavy atom. The normalized spacial score (nSPS) is 10.1. The number of nitriles is 1. The Labute approximate surface area is 151 Å². The van der Waals surface area contributed by atoms with Crippen LogP contribution >= 0.6 is 31.9 Å². The first kappa shape index (κ1) is 17.6. The molecule has 2 rings (SSSR count). The van der Waals surface area contributed by atoms with Crippen molar-refractivity contribution in [2.24, 2.45) is 0 Å². The molecule has 5 nitrogen and oxygen atoms in total. The zero-order chi connectivity index (χ0) is 16.7. The van der Waals surface area contributed by atoms with Crippen LogP contribution in [0.15, 0.2) is 50.0 Å². The maximum absolute atomic E-state index is 12.4. The summed E-state index contributed by atoms with van der Waals surface area (Å²) in [5.41, 5.74) is 0. The summed E-state index contributed by atoms with van der Waals surface area (Å²) in [5.74, 6) is 1.05. The Hall–Kier alpha value is -1.78. The van der Waals surface area contributed by atoms with Gasteiger partial charge < -0.3 is 14.1 Å². The monoisotopic (exact) mass is 440 g/mol. The van der Waals surface area contributed by atoms with Crippen molar-refractivity contribution in [2.45, 2.75) is 13.0 Å². The summed E-state index contributed by atoms with van der Waals surface area (Å²) < 4.78 is 12.5. The number of hydrogen-bond acceptors (Lipinski definition) is 4. The maximum atomic E-state index is 12.4. The molecule has 120 valence electrons. The molecule has 0 spiro atoms. The van der Waals surface area contributed by atoms with Gasteiger partial charge >= 0.3 is 0 Å². The van der Waals surface area contributed by atoms with E-state index in [1.807, 2.05) is 18.2 Å². The lowest BCUT2D eigenvalue weighted by Crippen LogP contribution is -2.35. The first-order chi connectivity index (χ1) is 11.1. The van der Waals surface area contributed by atoms with E-state index in [1.54, 1.807) is 29.4 Å². The van der Waals surface area contributed by atoms with Gasteiger partial charge in [0.05, 0.1) is 29.8 Å². The van der Waals surface area contributed by atoms with Crippen LogP contribution in [-0.2, 0) is 11.3 Å². The van der Waals surface area contributed by atoms with Crippen LogP contribution in [0.5, 0.6) is 5.75 Å². The smallest absolute Gasteiger partial charge is 0.260 e. The van der Waals surface area contributed by atoms with E-state index in [0.717, 1.165) is 8.95 Å². The van der Waals surface area contributed by atoms with E-state index in [4.69, 9.17) is 14.4 Å². The van der Waals surface area contributed by atoms with Crippen molar-refractivity contribution in [1.82, 2.24) is 4.90 Å². The van der Waals surface area contributed by atoms with Gasteiger partial charge in [0.15, 0.2) is 6.61 Å². The quantitative estimate of drug-likeness (QED) is 0.647. The summed E-state index contributed by atoms with van der Waals surface area (Å²) in [5, 5.41) is 8.74. The molecule has 0 fully saturated rings. The molecule has 2 aromatic rings. The van der Waals surface area contributed by atoms with E-state index in [1.165, 1.54) is 0 Å². The highest BCUT2D eigenvalue weighted by molar-refractivity contribution is 9.11. The SMILES string of the molecule is N#CCCN(Cc1ccco1)C(=O)COc1ccc(Br)cc1Br. The minimum atomic E-state index is -0.202. The standard InChI is InChI=1S/C16H14Br2N2O3/c17-12-4-5-15(14(18)9-12)23-11-16(21)20(7-2-6-19)10-13-3-1-8-22-13/h1,3-5,8-9H,2,7,10-11H2. The van der Waals surface area contributed by atoms with Gasteiger partial charge in [0.25, 0.3) is 5.91 Å². The van der Waals surface area contributed by atoms with Crippen LogP contribution in [0.25, 0.3) is 0 Å². The fourth-order valence-corrected chi connectivity index (χ4v) is 3.05. The van der Waals surface area contributed by atoms with Gasteiger partial charge in [-0.3, -0.25) is 4.79 Å². The molecule has 1 aromatic heterocycles. The number of carbonyl (C=O) groups excluding carboxylic acids is 1. The van der Waals surface area contributed by atoms with Gasteiger partial charge in [-0.15, -0.1) is 0 Å². The molecular weight excluding hydrogens is 428 g/mol. The third-order valence-electron chi connectivity index (χ3n) is 3.02. The van der Waals surface area contributed by atoms with E-state index in [2.05, 4.69) is 31.9 Å². The number of nitrogens with zero attached hydrogens (tertiary/aromatic N) is 2. The summed E-state index contributed by atoms with van der Waals surface area (Å²) in [7, 11) is 0. The second kappa shape index (κ2) is 8.75. The second-order valence-corrected chi connectivity index (χ2v) is 6.44. The average molecular weight is 442 g/mol. The van der Waals surface area contributed by atoms with Gasteiger partial charge in [0.2, 0.25) is 0 Å². The molecular formula is C16H14Br2N2O3. The molecule has 1 aromatic carbocycles. The molecule has 0 N–H and O–H groups in total. The first-order valence-electron chi connectivity index (χ1n) is 6.85. The summed E-state index contributed by atoms with van der Waals surface area (Å²) in [6, 6.07) is 11.0. The highest BCUT2D eigenvalue weighted by atomic mass is 79.9. The number of halogens is 2. The summed E-state index contributed by atoms with van der Waals surface area (Å²) in [6.07, 6.45) is 1.81. The van der Waals surface area contributed by atoms with Gasteiger partial charge in [-0.1, -0.05) is 15.9 Å². The number of amides is 1. The molecule has 0 unspecified atom stereocenters. The molecule has 0 aliphatic heterocycles. The summed E-state index contributed by atoms with van der Waals surface area (Å²) in [6.45, 7) is 0.547.